The molecular weight excluding hydrogens is 1790 g/mol. The fourth-order valence-electron chi connectivity index (χ4n) is 10.3. The van der Waals surface area contributed by atoms with Gasteiger partial charge >= 0.3 is 125 Å². The van der Waals surface area contributed by atoms with Crippen molar-refractivity contribution in [2.24, 2.45) is 15.0 Å². The van der Waals surface area contributed by atoms with Crippen LogP contribution >= 0.6 is 115 Å². The van der Waals surface area contributed by atoms with Crippen molar-refractivity contribution < 1.29 is 74.9 Å². The number of nitrogens with one attached hydrogen (secondary N) is 3. The van der Waals surface area contributed by atoms with Gasteiger partial charge in [-0.15, -0.1) is 0 Å². The summed E-state index contributed by atoms with van der Waals surface area (Å²) in [6.45, 7) is 21.1. The van der Waals surface area contributed by atoms with Crippen LogP contribution in [0.5, 0.6) is 0 Å². The molecule has 0 saturated carbocycles. The second-order valence-corrected chi connectivity index (χ2v) is 49.4. The second kappa shape index (κ2) is 50.9. The summed E-state index contributed by atoms with van der Waals surface area (Å²) in [5.41, 5.74) is 7.83. The summed E-state index contributed by atoms with van der Waals surface area (Å²) in [7, 11) is 39.9. The number of carbonyl (C=O) groups is 3. The molecule has 10 rings (SSSR count). The molecule has 0 unspecified atom stereocenters. The number of nitrogens with zero attached hydrogens (tertiary/aromatic N) is 3. The summed E-state index contributed by atoms with van der Waals surface area (Å²) in [4.78, 5) is 53.9. The van der Waals surface area contributed by atoms with E-state index in [-0.39, 0.29) is 79.1 Å². The predicted molar refractivity (Wildman–Crippen MR) is 463 cm³/mol. The summed E-state index contributed by atoms with van der Waals surface area (Å²) >= 11 is -4.87. The first-order valence-corrected chi connectivity index (χ1v) is 53.5. The first-order chi connectivity index (χ1) is 51.0. The number of benzene rings is 10. The normalized spacial score (nSPS) is 11.0. The van der Waals surface area contributed by atoms with Gasteiger partial charge in [-0.2, -0.15) is 0 Å². The number of amidine groups is 3. The van der Waals surface area contributed by atoms with Crippen LogP contribution in [0.4, 0.5) is 43.4 Å². The molecule has 3 N–H and O–H groups in total. The van der Waals surface area contributed by atoms with Gasteiger partial charge in [-0.1, -0.05) is 202 Å². The van der Waals surface area contributed by atoms with Crippen LogP contribution in [-0.4, -0.2) is 48.2 Å². The Morgan fingerprint density at radius 3 is 0.730 bits per heavy atom. The number of rotatable bonds is 16. The van der Waals surface area contributed by atoms with Crippen molar-refractivity contribution in [3.8, 4) is 0 Å². The minimum atomic E-state index is -1.79. The number of aliphatic imine (C=N–C) groups is 3. The summed E-state index contributed by atoms with van der Waals surface area (Å²) < 4.78 is 84.4. The molecule has 10 aromatic carbocycles. The number of aryl methyl sites for hydroxylation is 6. The van der Waals surface area contributed by atoms with Gasteiger partial charge in [0.2, 0.25) is 34.9 Å². The minimum absolute atomic E-state index is 0. The number of Topliss-reactive ketones (excluding diaryl/α,β-unsaturated/α-hetero) is 3. The van der Waals surface area contributed by atoms with Crippen LogP contribution < -0.4 is 36.5 Å². The molecule has 0 aliphatic carbocycles. The molecule has 0 spiro atoms. The third-order valence-corrected chi connectivity index (χ3v) is 20.9. The maximum atomic E-state index is 14.5. The molecule has 0 heterocycles. The van der Waals surface area contributed by atoms with Crippen molar-refractivity contribution in [1.29, 1.82) is 0 Å². The molecule has 0 aliphatic heterocycles. The van der Waals surface area contributed by atoms with Gasteiger partial charge in [-0.3, -0.25) is 14.4 Å². The molecule has 0 saturated heterocycles. The summed E-state index contributed by atoms with van der Waals surface area (Å²) in [6.07, 6.45) is 0. The van der Waals surface area contributed by atoms with Gasteiger partial charge in [0.25, 0.3) is 0 Å². The van der Waals surface area contributed by atoms with E-state index in [0.29, 0.717) is 22.5 Å². The number of ketones is 3. The number of hydrogen-bond donors (Lipinski definition) is 3. The SMILES string of the molecule is C.C.C.Cc1ccc(C(=O)C(=Nc2c(C)c(F)c(F)c(F)c2C)N[PH+](C)C)cc1.Cc1ccc(C(=O)C(=Nc2c(C)c(F)c(F)c(F)c2C)N[PH+](c2ccccc2)c2ccccc2)cc1.Cc1ccc(C(=O)C(=Nc2c(C)cc(C)cc2C)N[PH+](c2ccccc2)c2ccccc2)cc1.[Cl][Cr]([Cl])[Cl].[Cl][Cr]([Cl])[Cl].[Cl][Cr]([Cl])[Cl]. The molecule has 0 atom stereocenters. The van der Waals surface area contributed by atoms with Crippen molar-refractivity contribution in [1.82, 2.24) is 15.3 Å². The van der Waals surface area contributed by atoms with Crippen LogP contribution in [0.2, 0.25) is 0 Å². The molecular formula is C81H88Cl9Cr3F6N6O3P3+3. The third-order valence-electron chi connectivity index (χ3n) is 15.5. The quantitative estimate of drug-likeness (QED) is 0.0221. The molecule has 595 valence electrons. The van der Waals surface area contributed by atoms with Gasteiger partial charge in [-0.05, 0) is 129 Å². The van der Waals surface area contributed by atoms with Gasteiger partial charge < -0.3 is 0 Å². The van der Waals surface area contributed by atoms with Crippen molar-refractivity contribution in [2.75, 3.05) is 13.3 Å². The van der Waals surface area contributed by atoms with Crippen LogP contribution in [0.25, 0.3) is 0 Å². The Balaban J connectivity index is 0.000000524. The number of hydrogen-bond acceptors (Lipinski definition) is 6. The fourth-order valence-corrected chi connectivity index (χ4v) is 15.1. The van der Waals surface area contributed by atoms with Gasteiger partial charge in [0.1, 0.15) is 21.2 Å². The van der Waals surface area contributed by atoms with Crippen LogP contribution in [0.3, 0.4) is 0 Å². The van der Waals surface area contributed by atoms with E-state index in [2.05, 4.69) is 68.6 Å². The Labute approximate surface area is 704 Å². The fraction of sp³-hybridized carbons (Fsp3) is 0.185. The summed E-state index contributed by atoms with van der Waals surface area (Å²) in [6, 6.07) is 65.7. The first-order valence-electron chi connectivity index (χ1n) is 32.2. The topological polar surface area (TPSA) is 124 Å². The Morgan fingerprint density at radius 1 is 0.306 bits per heavy atom. The monoisotopic (exact) mass is 1870 g/mol. The van der Waals surface area contributed by atoms with Crippen molar-refractivity contribution >= 4 is 188 Å². The molecule has 0 radical (unpaired) electrons. The van der Waals surface area contributed by atoms with E-state index < -0.39 is 99.1 Å². The predicted octanol–water partition coefficient (Wildman–Crippen LogP) is 25.5. The Bertz CT molecular complexity index is 4570. The van der Waals surface area contributed by atoms with Crippen LogP contribution in [0, 0.1) is 104 Å². The number of halogens is 15. The molecule has 0 bridgehead atoms. The zero-order valence-electron chi connectivity index (χ0n) is 60.1. The molecule has 30 heteroatoms. The first kappa shape index (κ1) is 102. The molecule has 0 amide bonds. The van der Waals surface area contributed by atoms with Crippen molar-refractivity contribution in [3.05, 3.63) is 313 Å². The Hall–Kier alpha value is -5.30. The van der Waals surface area contributed by atoms with E-state index in [9.17, 15) is 40.7 Å². The second-order valence-electron chi connectivity index (χ2n) is 23.9. The number of carbonyl (C=O) groups excluding carboxylic acids is 3. The molecule has 0 aromatic heterocycles. The third kappa shape index (κ3) is 32.4. The van der Waals surface area contributed by atoms with Gasteiger partial charge in [0.15, 0.2) is 51.0 Å². The van der Waals surface area contributed by atoms with Crippen molar-refractivity contribution in [2.45, 2.75) is 91.5 Å². The van der Waals surface area contributed by atoms with E-state index in [1.54, 1.807) is 48.5 Å². The molecule has 10 aromatic rings. The Kier molecular flexibility index (Phi) is 46.7. The molecule has 0 aliphatic rings. The summed E-state index contributed by atoms with van der Waals surface area (Å²) in [5.74, 6) is -8.97. The molecule has 111 heavy (non-hydrogen) atoms. The zero-order chi connectivity index (χ0) is 80.2. The Morgan fingerprint density at radius 2 is 0.514 bits per heavy atom. The van der Waals surface area contributed by atoms with Crippen LogP contribution in [0.1, 0.15) is 109 Å². The van der Waals surface area contributed by atoms with Crippen molar-refractivity contribution in [3.63, 3.8) is 0 Å². The molecule has 9 nitrogen and oxygen atoms in total. The van der Waals surface area contributed by atoms with E-state index in [1.165, 1.54) is 43.9 Å². The van der Waals surface area contributed by atoms with Gasteiger partial charge in [0, 0.05) is 38.9 Å². The average molecular weight is 1880 g/mol. The zero-order valence-corrected chi connectivity index (χ0v) is 73.7. The van der Waals surface area contributed by atoms with E-state index >= 15 is 0 Å². The van der Waals surface area contributed by atoms with E-state index in [0.717, 1.165) is 44.1 Å². The standard InChI is InChI=1S/C30H29N2OP.C29H24F3N2OP.C19H20F3N2OP.3CH4.9ClH.3Cr/c1-21-15-17-25(18-16-21)29(33)30(31-28-23(3)19-22(2)20-24(28)4)32-34(26-11-7-5-8-12-26)27-13-9-6-10-14-27;1-18-14-16-21(17-15-18)28(35)29(33-27-19(2)24(30)26(32)25(31)20(27)3)34-36(22-10-6-4-7-11-22)23-12-8-5-9-13-23;1-10-6-8-13(9-7-10)18(25)19(24-26(4)5)23-17-11(2)14(20)16(22)15(21)12(17)3;;;;;;;;;;;;;;;/h5-20H,1-4H3,(H,31,32);4-17H,1-3H3,(H,33,34);6-9H,1-5H3,(H,23,24);3*1H4;9*1H;;;/q;;;;;;;;;;;;;;;3*+3/p-6. The van der Waals surface area contributed by atoms with E-state index in [1.807, 2.05) is 169 Å². The van der Waals surface area contributed by atoms with E-state index in [4.69, 9.17) is 95.4 Å². The van der Waals surface area contributed by atoms with Gasteiger partial charge in [0.05, 0.1) is 38.5 Å². The average Bonchev–Trinajstić information content (AvgIpc) is 0.800. The maximum absolute atomic E-state index is 14.5. The van der Waals surface area contributed by atoms with Crippen LogP contribution in [0.15, 0.2) is 221 Å². The van der Waals surface area contributed by atoms with Crippen LogP contribution in [-0.2, 0) is 34.2 Å². The molecule has 0 fully saturated rings. The van der Waals surface area contributed by atoms with Gasteiger partial charge in [-0.25, -0.2) is 56.6 Å². The summed E-state index contributed by atoms with van der Waals surface area (Å²) in [5, 5.41) is 14.2.